The molecule has 0 radical (unpaired) electrons. The molecule has 2 N–H and O–H groups in total. The lowest BCUT2D eigenvalue weighted by Crippen LogP contribution is -2.10. The second kappa shape index (κ2) is 8.45. The zero-order valence-electron chi connectivity index (χ0n) is 13.5. The molecule has 2 rings (SSSR count). The SMILES string of the molecule is CCOC(=O)c1sc(N)c(C(=O)OCC)c1CSc1nnc(C)s1. The Morgan fingerprint density at radius 1 is 1.12 bits per heavy atom. The topological polar surface area (TPSA) is 104 Å². The molecule has 0 aliphatic rings. The number of nitrogens with zero attached hydrogens (tertiary/aromatic N) is 2. The number of hydrogen-bond donors (Lipinski definition) is 1. The molecule has 24 heavy (non-hydrogen) atoms. The van der Waals surface area contributed by atoms with Crippen molar-refractivity contribution in [2.24, 2.45) is 0 Å². The Bertz CT molecular complexity index is 742. The van der Waals surface area contributed by atoms with E-state index in [4.69, 9.17) is 15.2 Å². The standard InChI is InChI=1S/C14H17N3O4S3/c1-4-20-12(18)9-8(6-22-14-17-16-7(3)23-14)10(24-11(9)15)13(19)21-5-2/h4-6,15H2,1-3H3. The van der Waals surface area contributed by atoms with Crippen molar-refractivity contribution in [1.82, 2.24) is 10.2 Å². The normalized spacial score (nSPS) is 10.6. The van der Waals surface area contributed by atoms with Crippen LogP contribution in [0.3, 0.4) is 0 Å². The molecule has 0 bridgehead atoms. The van der Waals surface area contributed by atoms with Gasteiger partial charge in [0, 0.05) is 11.3 Å². The second-order valence-electron chi connectivity index (χ2n) is 4.47. The predicted molar refractivity (Wildman–Crippen MR) is 94.9 cm³/mol. The summed E-state index contributed by atoms with van der Waals surface area (Å²) in [6.07, 6.45) is 0. The zero-order valence-corrected chi connectivity index (χ0v) is 15.9. The van der Waals surface area contributed by atoms with Gasteiger partial charge in [-0.05, 0) is 20.8 Å². The summed E-state index contributed by atoms with van der Waals surface area (Å²) in [4.78, 5) is 24.7. The van der Waals surface area contributed by atoms with E-state index in [1.54, 1.807) is 13.8 Å². The number of anilines is 1. The molecule has 0 atom stereocenters. The van der Waals surface area contributed by atoms with Crippen LogP contribution in [0.4, 0.5) is 5.00 Å². The van der Waals surface area contributed by atoms with Crippen LogP contribution in [0.15, 0.2) is 4.34 Å². The Balaban J connectivity index is 2.35. The van der Waals surface area contributed by atoms with Gasteiger partial charge in [-0.1, -0.05) is 23.1 Å². The van der Waals surface area contributed by atoms with E-state index in [1.807, 2.05) is 6.92 Å². The molecule has 0 spiro atoms. The minimum atomic E-state index is -0.536. The molecule has 0 aromatic carbocycles. The van der Waals surface area contributed by atoms with Gasteiger partial charge in [-0.25, -0.2) is 9.59 Å². The van der Waals surface area contributed by atoms with Crippen molar-refractivity contribution < 1.29 is 19.1 Å². The highest BCUT2D eigenvalue weighted by Gasteiger charge is 2.27. The average Bonchev–Trinajstić information content (AvgIpc) is 3.09. The van der Waals surface area contributed by atoms with Gasteiger partial charge in [0.25, 0.3) is 0 Å². The van der Waals surface area contributed by atoms with Crippen LogP contribution >= 0.6 is 34.4 Å². The monoisotopic (exact) mass is 387 g/mol. The minimum Gasteiger partial charge on any atom is -0.462 e. The Morgan fingerprint density at radius 3 is 2.38 bits per heavy atom. The van der Waals surface area contributed by atoms with Crippen molar-refractivity contribution in [3.05, 3.63) is 21.0 Å². The third-order valence-electron chi connectivity index (χ3n) is 2.82. The van der Waals surface area contributed by atoms with Gasteiger partial charge in [0.15, 0.2) is 4.34 Å². The molecule has 7 nitrogen and oxygen atoms in total. The lowest BCUT2D eigenvalue weighted by molar-refractivity contribution is 0.0527. The fraction of sp³-hybridized carbons (Fsp3) is 0.429. The molecule has 0 saturated heterocycles. The molecule has 130 valence electrons. The zero-order chi connectivity index (χ0) is 17.7. The first-order valence-corrected chi connectivity index (χ1v) is 9.78. The van der Waals surface area contributed by atoms with Crippen molar-refractivity contribution in [3.8, 4) is 0 Å². The maximum absolute atomic E-state index is 12.2. The van der Waals surface area contributed by atoms with E-state index >= 15 is 0 Å². The number of thioether (sulfide) groups is 1. The number of thiophene rings is 1. The number of rotatable bonds is 7. The van der Waals surface area contributed by atoms with Crippen molar-refractivity contribution in [2.75, 3.05) is 18.9 Å². The second-order valence-corrected chi connectivity index (χ2v) is 7.92. The molecule has 0 aliphatic carbocycles. The predicted octanol–water partition coefficient (Wildman–Crippen LogP) is 3.14. The van der Waals surface area contributed by atoms with E-state index in [0.717, 1.165) is 20.7 Å². The summed E-state index contributed by atoms with van der Waals surface area (Å²) in [5.41, 5.74) is 6.71. The first kappa shape index (κ1) is 18.7. The summed E-state index contributed by atoms with van der Waals surface area (Å²) in [6, 6.07) is 0. The van der Waals surface area contributed by atoms with E-state index in [0.29, 0.717) is 16.2 Å². The van der Waals surface area contributed by atoms with Crippen LogP contribution < -0.4 is 5.73 Å². The fourth-order valence-electron chi connectivity index (χ4n) is 1.88. The first-order chi connectivity index (χ1) is 11.5. The van der Waals surface area contributed by atoms with Crippen molar-refractivity contribution in [3.63, 3.8) is 0 Å². The Labute approximate surface area is 151 Å². The van der Waals surface area contributed by atoms with Crippen molar-refractivity contribution >= 4 is 51.4 Å². The number of carbonyl (C=O) groups is 2. The van der Waals surface area contributed by atoms with E-state index < -0.39 is 11.9 Å². The Kier molecular flexibility index (Phi) is 6.58. The quantitative estimate of drug-likeness (QED) is 0.571. The van der Waals surface area contributed by atoms with Gasteiger partial charge in [0.2, 0.25) is 0 Å². The molecule has 10 heteroatoms. The van der Waals surface area contributed by atoms with Gasteiger partial charge >= 0.3 is 11.9 Å². The lowest BCUT2D eigenvalue weighted by atomic mass is 10.1. The van der Waals surface area contributed by atoms with Gasteiger partial charge in [-0.3, -0.25) is 0 Å². The summed E-state index contributed by atoms with van der Waals surface area (Å²) >= 11 is 3.87. The highest BCUT2D eigenvalue weighted by Crippen LogP contribution is 2.37. The smallest absolute Gasteiger partial charge is 0.348 e. The molecule has 2 heterocycles. The summed E-state index contributed by atoms with van der Waals surface area (Å²) in [6.45, 7) is 5.77. The highest BCUT2D eigenvalue weighted by molar-refractivity contribution is 8.00. The van der Waals surface area contributed by atoms with Crippen LogP contribution in [0.5, 0.6) is 0 Å². The number of aryl methyl sites for hydroxylation is 1. The molecule has 0 fully saturated rings. The van der Waals surface area contributed by atoms with Crippen LogP contribution in [0.1, 0.15) is 44.4 Å². The van der Waals surface area contributed by atoms with E-state index in [2.05, 4.69) is 10.2 Å². The van der Waals surface area contributed by atoms with Crippen molar-refractivity contribution in [2.45, 2.75) is 30.9 Å². The molecule has 0 amide bonds. The van der Waals surface area contributed by atoms with Crippen LogP contribution in [-0.4, -0.2) is 35.3 Å². The number of nitrogen functional groups attached to an aromatic ring is 1. The van der Waals surface area contributed by atoms with Crippen LogP contribution in [0.2, 0.25) is 0 Å². The number of carbonyl (C=O) groups excluding carboxylic acids is 2. The number of ether oxygens (including phenoxy) is 2. The minimum absolute atomic E-state index is 0.227. The maximum Gasteiger partial charge on any atom is 0.348 e. The fourth-order valence-corrected chi connectivity index (χ4v) is 4.79. The van der Waals surface area contributed by atoms with E-state index in [1.165, 1.54) is 23.1 Å². The van der Waals surface area contributed by atoms with E-state index in [9.17, 15) is 9.59 Å². The molecular weight excluding hydrogens is 370 g/mol. The largest absolute Gasteiger partial charge is 0.462 e. The van der Waals surface area contributed by atoms with E-state index in [-0.39, 0.29) is 23.8 Å². The summed E-state index contributed by atoms with van der Waals surface area (Å²) in [5, 5.41) is 9.08. The van der Waals surface area contributed by atoms with Gasteiger partial charge in [-0.2, -0.15) is 0 Å². The first-order valence-electron chi connectivity index (χ1n) is 7.16. The summed E-state index contributed by atoms with van der Waals surface area (Å²) in [7, 11) is 0. The highest BCUT2D eigenvalue weighted by atomic mass is 32.2. The number of esters is 2. The summed E-state index contributed by atoms with van der Waals surface area (Å²) < 4.78 is 10.9. The third kappa shape index (κ3) is 4.25. The molecule has 0 saturated carbocycles. The summed E-state index contributed by atoms with van der Waals surface area (Å²) in [5.74, 6) is -0.676. The maximum atomic E-state index is 12.2. The van der Waals surface area contributed by atoms with Gasteiger partial charge in [0.1, 0.15) is 14.9 Å². The molecule has 2 aromatic heterocycles. The van der Waals surface area contributed by atoms with Crippen molar-refractivity contribution in [1.29, 1.82) is 0 Å². The molecule has 2 aromatic rings. The lowest BCUT2D eigenvalue weighted by Gasteiger charge is -2.06. The van der Waals surface area contributed by atoms with Gasteiger partial charge in [-0.15, -0.1) is 21.5 Å². The third-order valence-corrected chi connectivity index (χ3v) is 5.86. The molecular formula is C14H17N3O4S3. The molecule has 0 aliphatic heterocycles. The Morgan fingerprint density at radius 2 is 1.79 bits per heavy atom. The van der Waals surface area contributed by atoms with Gasteiger partial charge in [0.05, 0.1) is 18.8 Å². The number of hydrogen-bond acceptors (Lipinski definition) is 10. The van der Waals surface area contributed by atoms with Crippen LogP contribution in [-0.2, 0) is 15.2 Å². The Hall–Kier alpha value is -1.65. The average molecular weight is 388 g/mol. The molecule has 0 unspecified atom stereocenters. The number of aromatic nitrogens is 2. The van der Waals surface area contributed by atoms with Crippen LogP contribution in [0, 0.1) is 6.92 Å². The van der Waals surface area contributed by atoms with Crippen LogP contribution in [0.25, 0.3) is 0 Å². The number of nitrogens with two attached hydrogens (primary N) is 1. The van der Waals surface area contributed by atoms with Gasteiger partial charge < -0.3 is 15.2 Å².